The van der Waals surface area contributed by atoms with E-state index in [0.29, 0.717) is 34.3 Å². The second-order valence-corrected chi connectivity index (χ2v) is 12.8. The number of aliphatic hydroxyl groups is 1. The van der Waals surface area contributed by atoms with Gasteiger partial charge >= 0.3 is 0 Å². The number of nitrogens with one attached hydrogen (secondary N) is 1. The van der Waals surface area contributed by atoms with Gasteiger partial charge in [0, 0.05) is 68.6 Å². The van der Waals surface area contributed by atoms with E-state index in [4.69, 9.17) is 4.74 Å². The summed E-state index contributed by atoms with van der Waals surface area (Å²) in [6, 6.07) is 13.9. The second-order valence-electron chi connectivity index (χ2n) is 12.8. The predicted octanol–water partition coefficient (Wildman–Crippen LogP) is 3.49. The van der Waals surface area contributed by atoms with Crippen molar-refractivity contribution in [1.82, 2.24) is 23.4 Å². The number of anilines is 3. The predicted molar refractivity (Wildman–Crippen MR) is 182 cm³/mol. The molecule has 0 unspecified atom stereocenters. The number of aryl methyl sites for hydroxylation is 3. The van der Waals surface area contributed by atoms with Gasteiger partial charge in [0.25, 0.3) is 11.1 Å². The fourth-order valence-electron chi connectivity index (χ4n) is 7.32. The Balaban J connectivity index is 1.07. The van der Waals surface area contributed by atoms with E-state index in [1.165, 1.54) is 15.8 Å². The van der Waals surface area contributed by atoms with E-state index in [1.807, 2.05) is 53.2 Å². The van der Waals surface area contributed by atoms with Crippen LogP contribution < -0.4 is 21.3 Å². The zero-order valence-corrected chi connectivity index (χ0v) is 26.6. The average molecular weight is 634 g/mol. The summed E-state index contributed by atoms with van der Waals surface area (Å²) in [4.78, 5) is 36.5. The van der Waals surface area contributed by atoms with Gasteiger partial charge in [-0.1, -0.05) is 12.1 Å². The van der Waals surface area contributed by atoms with Crippen molar-refractivity contribution in [3.05, 3.63) is 105 Å². The number of pyridine rings is 2. The van der Waals surface area contributed by atoms with Crippen LogP contribution in [0.5, 0.6) is 0 Å². The molecule has 0 saturated carbocycles. The fraction of sp³-hybridized carbons (Fsp3) is 0.361. The highest BCUT2D eigenvalue weighted by atomic mass is 16.5. The zero-order valence-electron chi connectivity index (χ0n) is 26.6. The lowest BCUT2D eigenvalue weighted by Crippen LogP contribution is -2.56. The van der Waals surface area contributed by atoms with Gasteiger partial charge in [-0.25, -0.2) is 4.98 Å². The van der Waals surface area contributed by atoms with Crippen molar-refractivity contribution in [2.75, 3.05) is 49.6 Å². The highest BCUT2D eigenvalue weighted by Crippen LogP contribution is 2.31. The van der Waals surface area contributed by atoms with Crippen LogP contribution in [0.2, 0.25) is 0 Å². The third-order valence-corrected chi connectivity index (χ3v) is 10.0. The lowest BCUT2D eigenvalue weighted by atomic mass is 9.98. The van der Waals surface area contributed by atoms with Gasteiger partial charge in [0.05, 0.1) is 43.4 Å². The normalized spacial score (nSPS) is 17.1. The maximum Gasteiger partial charge on any atom is 0.279 e. The van der Waals surface area contributed by atoms with Crippen LogP contribution in [0, 0.1) is 0 Å². The number of aliphatic hydroxyl groups excluding tert-OH is 1. The average Bonchev–Trinajstić information content (AvgIpc) is 3.46. The van der Waals surface area contributed by atoms with Gasteiger partial charge in [0.15, 0.2) is 0 Å². The molecule has 11 nitrogen and oxygen atoms in total. The second kappa shape index (κ2) is 12.1. The largest absolute Gasteiger partial charge is 0.392 e. The molecule has 47 heavy (non-hydrogen) atoms. The number of piperazine rings is 1. The molecule has 8 rings (SSSR count). The van der Waals surface area contributed by atoms with E-state index in [2.05, 4.69) is 20.1 Å². The molecule has 1 aromatic carbocycles. The number of benzene rings is 1. The van der Waals surface area contributed by atoms with Crippen LogP contribution in [0.15, 0.2) is 76.8 Å². The van der Waals surface area contributed by atoms with Crippen molar-refractivity contribution < 1.29 is 9.84 Å². The molecule has 0 radical (unpaired) electrons. The maximum atomic E-state index is 13.8. The van der Waals surface area contributed by atoms with Crippen LogP contribution in [0.4, 0.5) is 17.2 Å². The topological polar surface area (TPSA) is 109 Å². The van der Waals surface area contributed by atoms with Gasteiger partial charge in [-0.05, 0) is 67.1 Å². The van der Waals surface area contributed by atoms with Crippen LogP contribution in [-0.4, -0.2) is 74.0 Å². The molecule has 2 fully saturated rings. The summed E-state index contributed by atoms with van der Waals surface area (Å²) >= 11 is 0. The molecule has 6 heterocycles. The third kappa shape index (κ3) is 5.34. The van der Waals surface area contributed by atoms with E-state index in [9.17, 15) is 14.7 Å². The number of rotatable bonds is 7. The highest BCUT2D eigenvalue weighted by molar-refractivity contribution is 5.74. The Kier molecular flexibility index (Phi) is 7.67. The molecule has 1 aliphatic carbocycles. The molecular weight excluding hydrogens is 594 g/mol. The molecule has 4 aromatic heterocycles. The molecule has 0 bridgehead atoms. The van der Waals surface area contributed by atoms with Gasteiger partial charge in [0.2, 0.25) is 0 Å². The molecular formula is C36H39N7O4. The highest BCUT2D eigenvalue weighted by Gasteiger charge is 2.29. The number of ether oxygens (including phenoxy) is 1. The van der Waals surface area contributed by atoms with Gasteiger partial charge in [-0.3, -0.25) is 19.1 Å². The van der Waals surface area contributed by atoms with Crippen LogP contribution in [0.1, 0.15) is 29.7 Å². The lowest BCUT2D eigenvalue weighted by Gasteiger charge is -2.43. The van der Waals surface area contributed by atoms with Crippen LogP contribution in [0.25, 0.3) is 22.3 Å². The Labute approximate surface area is 272 Å². The van der Waals surface area contributed by atoms with E-state index >= 15 is 0 Å². The van der Waals surface area contributed by atoms with Crippen molar-refractivity contribution in [3.63, 3.8) is 0 Å². The van der Waals surface area contributed by atoms with E-state index in [1.54, 1.807) is 30.1 Å². The Morgan fingerprint density at radius 2 is 1.81 bits per heavy atom. The van der Waals surface area contributed by atoms with Crippen molar-refractivity contribution in [3.8, 4) is 16.8 Å². The number of hydrogen-bond acceptors (Lipinski definition) is 8. The lowest BCUT2D eigenvalue weighted by molar-refractivity contribution is -0.0660. The smallest absolute Gasteiger partial charge is 0.279 e. The summed E-state index contributed by atoms with van der Waals surface area (Å²) in [7, 11) is 1.71. The Hall–Kier alpha value is -4.71. The first kappa shape index (κ1) is 29.7. The number of aromatic nitrogens is 4. The summed E-state index contributed by atoms with van der Waals surface area (Å²) in [5.41, 5.74) is 6.90. The summed E-state index contributed by atoms with van der Waals surface area (Å²) in [6.07, 6.45) is 11.6. The number of fused-ring (bicyclic) bond motifs is 3. The standard InChI is InChI=1S/C36H39N7O4/c1-39-20-25(17-30(35(39)45)38-34-10-9-26(19-37-34)40-11-13-41(14-12-40)27-22-47-23-27)28-6-4-8-32(29(28)21-44)43-16-15-42-31-7-3-2-5-24(31)18-33(42)36(43)46/h4,6,8-10,15-20,27,44H,2-3,5,7,11-14,21-23H2,1H3,(H,37,38). The van der Waals surface area contributed by atoms with Crippen molar-refractivity contribution in [1.29, 1.82) is 0 Å². The minimum absolute atomic E-state index is 0.124. The first-order valence-electron chi connectivity index (χ1n) is 16.5. The van der Waals surface area contributed by atoms with Crippen molar-refractivity contribution in [2.24, 2.45) is 7.05 Å². The molecule has 0 amide bonds. The molecule has 5 aromatic rings. The summed E-state index contributed by atoms with van der Waals surface area (Å²) in [6.45, 7) is 5.28. The Morgan fingerprint density at radius 3 is 2.55 bits per heavy atom. The van der Waals surface area contributed by atoms with Gasteiger partial charge in [-0.2, -0.15) is 0 Å². The summed E-state index contributed by atoms with van der Waals surface area (Å²) < 4.78 is 10.5. The van der Waals surface area contributed by atoms with Crippen LogP contribution >= 0.6 is 0 Å². The minimum Gasteiger partial charge on any atom is -0.392 e. The van der Waals surface area contributed by atoms with Crippen molar-refractivity contribution in [2.45, 2.75) is 38.3 Å². The van der Waals surface area contributed by atoms with Gasteiger partial charge < -0.3 is 29.0 Å². The molecule has 3 aliphatic rings. The SMILES string of the molecule is Cn1cc(-c2cccc(-n3ccn4c5c(cc4c3=O)CCCC5)c2CO)cc(Nc2ccc(N3CCN(C4COC4)CC3)cn2)c1=O. The minimum atomic E-state index is -0.280. The van der Waals surface area contributed by atoms with Gasteiger partial charge in [0.1, 0.15) is 17.0 Å². The first-order chi connectivity index (χ1) is 23.0. The number of hydrogen-bond donors (Lipinski definition) is 2. The third-order valence-electron chi connectivity index (χ3n) is 10.0. The summed E-state index contributed by atoms with van der Waals surface area (Å²) in [5.74, 6) is 0.569. The molecule has 0 spiro atoms. The fourth-order valence-corrected chi connectivity index (χ4v) is 7.32. The zero-order chi connectivity index (χ0) is 32.1. The molecule has 2 aliphatic heterocycles. The van der Waals surface area contributed by atoms with E-state index < -0.39 is 0 Å². The van der Waals surface area contributed by atoms with Crippen molar-refractivity contribution >= 4 is 22.7 Å². The van der Waals surface area contributed by atoms with Crippen LogP contribution in [0.3, 0.4) is 0 Å². The Bertz CT molecular complexity index is 2070. The molecule has 242 valence electrons. The molecule has 11 heteroatoms. The molecule has 2 N–H and O–H groups in total. The van der Waals surface area contributed by atoms with E-state index in [0.717, 1.165) is 81.9 Å². The van der Waals surface area contributed by atoms with E-state index in [-0.39, 0.29) is 17.7 Å². The Morgan fingerprint density at radius 1 is 0.979 bits per heavy atom. The molecule has 0 atom stereocenters. The van der Waals surface area contributed by atoms with Crippen LogP contribution in [-0.2, 0) is 31.2 Å². The number of nitrogens with zero attached hydrogens (tertiary/aromatic N) is 6. The quantitative estimate of drug-likeness (QED) is 0.281. The maximum absolute atomic E-state index is 13.8. The van der Waals surface area contributed by atoms with Gasteiger partial charge in [-0.15, -0.1) is 0 Å². The summed E-state index contributed by atoms with van der Waals surface area (Å²) in [5, 5.41) is 13.9. The molecule has 2 saturated heterocycles. The monoisotopic (exact) mass is 633 g/mol. The first-order valence-corrected chi connectivity index (χ1v) is 16.5.